The second-order valence-corrected chi connectivity index (χ2v) is 9.92. The summed E-state index contributed by atoms with van der Waals surface area (Å²) >= 11 is 3.04. The van der Waals surface area contributed by atoms with E-state index in [9.17, 15) is 0 Å². The molecule has 5 aromatic rings. The lowest BCUT2D eigenvalue weighted by atomic mass is 10.2. The van der Waals surface area contributed by atoms with Gasteiger partial charge in [-0.3, -0.25) is 4.57 Å². The highest BCUT2D eigenvalue weighted by atomic mass is 32.1. The van der Waals surface area contributed by atoms with Gasteiger partial charge in [0.2, 0.25) is 9.60 Å². The van der Waals surface area contributed by atoms with Gasteiger partial charge in [-0.2, -0.15) is 10.2 Å². The molecule has 2 aromatic carbocycles. The Labute approximate surface area is 239 Å². The Balaban J connectivity index is 1.49. The van der Waals surface area contributed by atoms with Crippen LogP contribution in [0.25, 0.3) is 29.2 Å². The van der Waals surface area contributed by atoms with Crippen molar-refractivity contribution in [3.8, 4) is 17.1 Å². The molecule has 3 aromatic heterocycles. The molecule has 0 amide bonds. The van der Waals surface area contributed by atoms with Crippen molar-refractivity contribution in [3.05, 3.63) is 136 Å². The van der Waals surface area contributed by atoms with Crippen molar-refractivity contribution in [3.63, 3.8) is 0 Å². The number of nitrogens with zero attached hydrogens (tertiary/aromatic N) is 6. The molecule has 3 heterocycles. The van der Waals surface area contributed by atoms with Gasteiger partial charge in [-0.15, -0.1) is 39.5 Å². The maximum atomic E-state index is 5.29. The number of furan rings is 1. The molecule has 0 saturated heterocycles. The van der Waals surface area contributed by atoms with E-state index < -0.39 is 0 Å². The molecule has 0 aliphatic carbocycles. The van der Waals surface area contributed by atoms with E-state index in [1.165, 1.54) is 22.7 Å². The Morgan fingerprint density at radius 1 is 0.750 bits per heavy atom. The maximum Gasteiger partial charge on any atom is 0.215 e. The first kappa shape index (κ1) is 26.7. The van der Waals surface area contributed by atoms with E-state index in [2.05, 4.69) is 59.0 Å². The fraction of sp³-hybridized carbons (Fsp3) is 0.0323. The lowest BCUT2D eigenvalue weighted by Crippen LogP contribution is -2.18. The third-order valence-electron chi connectivity index (χ3n) is 5.58. The van der Waals surface area contributed by atoms with E-state index in [1.807, 2.05) is 85.0 Å². The summed E-state index contributed by atoms with van der Waals surface area (Å²) in [6.07, 6.45) is 14.3. The SMILES string of the molecule is C=CCn1c(-c2cs/c(=N/N=C/C=C/c3ccccc3)n2-c2ccccc2)cs/c1=N/N=C/C=C/c1ccco1. The molecule has 0 aliphatic heterocycles. The molecule has 40 heavy (non-hydrogen) atoms. The number of aromatic nitrogens is 2. The largest absolute Gasteiger partial charge is 0.465 e. The van der Waals surface area contributed by atoms with Gasteiger partial charge in [0, 0.05) is 35.4 Å². The lowest BCUT2D eigenvalue weighted by molar-refractivity contribution is 0.557. The first-order chi connectivity index (χ1) is 19.8. The smallest absolute Gasteiger partial charge is 0.215 e. The fourth-order valence-electron chi connectivity index (χ4n) is 3.79. The van der Waals surface area contributed by atoms with Crippen molar-refractivity contribution in [2.24, 2.45) is 20.4 Å². The molecule has 5 rings (SSSR count). The summed E-state index contributed by atoms with van der Waals surface area (Å²) in [5, 5.41) is 21.7. The number of rotatable bonds is 10. The van der Waals surface area contributed by atoms with Crippen molar-refractivity contribution in [2.45, 2.75) is 6.54 Å². The molecule has 0 saturated carbocycles. The predicted molar refractivity (Wildman–Crippen MR) is 166 cm³/mol. The van der Waals surface area contributed by atoms with Gasteiger partial charge in [0.1, 0.15) is 5.76 Å². The fourth-order valence-corrected chi connectivity index (χ4v) is 5.50. The summed E-state index contributed by atoms with van der Waals surface area (Å²) in [7, 11) is 0. The highest BCUT2D eigenvalue weighted by Gasteiger charge is 2.15. The Kier molecular flexibility index (Phi) is 9.22. The minimum absolute atomic E-state index is 0.578. The van der Waals surface area contributed by atoms with Gasteiger partial charge in [0.25, 0.3) is 0 Å². The second-order valence-electron chi connectivity index (χ2n) is 8.25. The molecule has 0 N–H and O–H groups in total. The second kappa shape index (κ2) is 13.8. The van der Waals surface area contributed by atoms with E-state index in [-0.39, 0.29) is 0 Å². The van der Waals surface area contributed by atoms with Gasteiger partial charge < -0.3 is 8.98 Å². The molecule has 0 radical (unpaired) electrons. The summed E-state index contributed by atoms with van der Waals surface area (Å²) in [5.74, 6) is 0.757. The maximum absolute atomic E-state index is 5.29. The van der Waals surface area contributed by atoms with Crippen LogP contribution >= 0.6 is 22.7 Å². The van der Waals surface area contributed by atoms with Gasteiger partial charge in [-0.1, -0.05) is 60.7 Å². The Bertz CT molecular complexity index is 1780. The third-order valence-corrected chi connectivity index (χ3v) is 7.25. The molecular weight excluding hydrogens is 537 g/mol. The molecule has 0 bridgehead atoms. The number of para-hydroxylation sites is 1. The van der Waals surface area contributed by atoms with Crippen LogP contribution in [0.15, 0.2) is 139 Å². The van der Waals surface area contributed by atoms with Gasteiger partial charge in [0.15, 0.2) is 0 Å². The first-order valence-electron chi connectivity index (χ1n) is 12.4. The molecule has 0 spiro atoms. The van der Waals surface area contributed by atoms with Crippen LogP contribution in [-0.2, 0) is 6.54 Å². The number of thiazole rings is 2. The zero-order chi connectivity index (χ0) is 27.4. The van der Waals surface area contributed by atoms with Gasteiger partial charge in [-0.25, -0.2) is 0 Å². The van der Waals surface area contributed by atoms with Crippen LogP contribution in [0.5, 0.6) is 0 Å². The number of allylic oxidation sites excluding steroid dienone is 3. The molecule has 7 nitrogen and oxygen atoms in total. The molecular formula is C31H26N6OS2. The predicted octanol–water partition coefficient (Wildman–Crippen LogP) is 7.05. The Hall–Kier alpha value is -4.86. The van der Waals surface area contributed by atoms with Crippen LogP contribution in [-0.4, -0.2) is 21.6 Å². The van der Waals surface area contributed by atoms with E-state index in [1.54, 1.807) is 24.8 Å². The summed E-state index contributed by atoms with van der Waals surface area (Å²) in [5.41, 5.74) is 4.06. The van der Waals surface area contributed by atoms with Crippen LogP contribution in [0.4, 0.5) is 0 Å². The Morgan fingerprint density at radius 3 is 2.15 bits per heavy atom. The molecule has 0 aliphatic rings. The lowest BCUT2D eigenvalue weighted by Gasteiger charge is -2.10. The molecule has 9 heteroatoms. The van der Waals surface area contributed by atoms with Crippen LogP contribution in [0.3, 0.4) is 0 Å². The molecule has 0 unspecified atom stereocenters. The minimum atomic E-state index is 0.578. The van der Waals surface area contributed by atoms with E-state index >= 15 is 0 Å². The summed E-state index contributed by atoms with van der Waals surface area (Å²) < 4.78 is 9.48. The van der Waals surface area contributed by atoms with Crippen molar-refractivity contribution < 1.29 is 4.42 Å². The van der Waals surface area contributed by atoms with Crippen molar-refractivity contribution >= 4 is 47.3 Å². The Morgan fingerprint density at radius 2 is 1.43 bits per heavy atom. The van der Waals surface area contributed by atoms with Crippen LogP contribution in [0.2, 0.25) is 0 Å². The van der Waals surface area contributed by atoms with Crippen molar-refractivity contribution in [1.29, 1.82) is 0 Å². The number of hydrogen-bond donors (Lipinski definition) is 0. The monoisotopic (exact) mass is 562 g/mol. The van der Waals surface area contributed by atoms with E-state index in [4.69, 9.17) is 4.42 Å². The highest BCUT2D eigenvalue weighted by molar-refractivity contribution is 7.08. The van der Waals surface area contributed by atoms with E-state index in [0.717, 1.165) is 38.0 Å². The zero-order valence-corrected chi connectivity index (χ0v) is 23.2. The number of benzene rings is 2. The highest BCUT2D eigenvalue weighted by Crippen LogP contribution is 2.24. The summed E-state index contributed by atoms with van der Waals surface area (Å²) in [4.78, 5) is 1.51. The van der Waals surface area contributed by atoms with Gasteiger partial charge in [-0.05, 0) is 48.1 Å². The van der Waals surface area contributed by atoms with Crippen molar-refractivity contribution in [1.82, 2.24) is 9.13 Å². The van der Waals surface area contributed by atoms with Crippen LogP contribution < -0.4 is 9.60 Å². The number of hydrogen-bond acceptors (Lipinski definition) is 7. The first-order valence-corrected chi connectivity index (χ1v) is 14.2. The van der Waals surface area contributed by atoms with Crippen LogP contribution in [0.1, 0.15) is 11.3 Å². The zero-order valence-electron chi connectivity index (χ0n) is 21.5. The normalized spacial score (nSPS) is 13.1. The van der Waals surface area contributed by atoms with Gasteiger partial charge >= 0.3 is 0 Å². The van der Waals surface area contributed by atoms with Gasteiger partial charge in [0.05, 0.1) is 17.7 Å². The minimum Gasteiger partial charge on any atom is -0.465 e. The third kappa shape index (κ3) is 6.76. The standard InChI is InChI=1S/C31H26N6OS2/c1-2-21-36-28(23-39-30(36)34-32-20-10-17-27-18-11-22-38-27)29-24-40-31(37(29)26-15-7-4-8-16-26)35-33-19-9-14-25-12-5-3-6-13-25/h2-20,22-24H,1,21H2/b14-9+,17-10+,32-20+,33-19+,34-30+,35-31+. The quantitative estimate of drug-likeness (QED) is 0.102. The topological polar surface area (TPSA) is 72.4 Å². The average molecular weight is 563 g/mol. The molecule has 0 atom stereocenters. The summed E-state index contributed by atoms with van der Waals surface area (Å²) in [6.45, 7) is 4.53. The summed E-state index contributed by atoms with van der Waals surface area (Å²) in [6, 6.07) is 23.9. The average Bonchev–Trinajstić information content (AvgIpc) is 3.75. The molecule has 0 fully saturated rings. The van der Waals surface area contributed by atoms with Crippen molar-refractivity contribution in [2.75, 3.05) is 0 Å². The van der Waals surface area contributed by atoms with Crippen LogP contribution in [0, 0.1) is 0 Å². The van der Waals surface area contributed by atoms with E-state index in [0.29, 0.717) is 6.54 Å². The molecule has 198 valence electrons.